The Morgan fingerprint density at radius 3 is 2.38 bits per heavy atom. The Bertz CT molecular complexity index is 834. The van der Waals surface area contributed by atoms with Crippen LogP contribution in [0, 0.1) is 31.0 Å². The van der Waals surface area contributed by atoms with Gasteiger partial charge in [0.25, 0.3) is 0 Å². The zero-order chi connectivity index (χ0) is 17.6. The summed E-state index contributed by atoms with van der Waals surface area (Å²) in [4.78, 5) is 3.91. The second-order valence-electron chi connectivity index (χ2n) is 4.42. The van der Waals surface area contributed by atoms with Crippen molar-refractivity contribution in [3.63, 3.8) is 0 Å². The first-order chi connectivity index (χ1) is 10.7. The summed E-state index contributed by atoms with van der Waals surface area (Å²) in [6.07, 6.45) is 2.50. The molecule has 1 aromatic carbocycles. The number of sulfone groups is 1. The van der Waals surface area contributed by atoms with E-state index in [0.717, 1.165) is 17.4 Å². The van der Waals surface area contributed by atoms with Gasteiger partial charge in [-0.15, -0.1) is 5.56 Å². The molecule has 0 N–H and O–H groups in total. The van der Waals surface area contributed by atoms with Crippen LogP contribution in [-0.4, -0.2) is 19.7 Å². The molecule has 9 heteroatoms. The van der Waals surface area contributed by atoms with Crippen molar-refractivity contribution in [3.05, 3.63) is 54.3 Å². The molecule has 0 unspecified atom stereocenters. The van der Waals surface area contributed by atoms with Gasteiger partial charge in [0.15, 0.2) is 21.5 Å². The van der Waals surface area contributed by atoms with Crippen LogP contribution < -0.4 is 0 Å². The van der Waals surface area contributed by atoms with E-state index in [1.54, 1.807) is 18.2 Å². The van der Waals surface area contributed by atoms with Gasteiger partial charge in [0, 0.05) is 12.5 Å². The predicted octanol–water partition coefficient (Wildman–Crippen LogP) is 3.47. The number of nitrogens with zero attached hydrogens (tertiary/aromatic N) is 2. The molecule has 0 aliphatic rings. The van der Waals surface area contributed by atoms with Gasteiger partial charge in [0.2, 0.25) is 0 Å². The molecular weight excluding hydrogens is 385 g/mol. The number of aryl methyl sites for hydroxylation is 1. The van der Waals surface area contributed by atoms with Crippen LogP contribution in [0.3, 0.4) is 0 Å². The Balaban J connectivity index is 0.000000954. The standard InChI is InChI=1S/C14H11N2O2S.CF3.Fe/c1-10-5-3-4-6-13(10)12-7-11(8-15)14(16-9-12)19(2,17)18;2-1(3)4;/h3,5-7,9H,1-2H3;;/q2*-1;+2. The van der Waals surface area contributed by atoms with Crippen molar-refractivity contribution in [1.29, 1.82) is 5.26 Å². The van der Waals surface area contributed by atoms with Crippen LogP contribution in [0.2, 0.25) is 0 Å². The van der Waals surface area contributed by atoms with E-state index in [1.807, 2.05) is 19.1 Å². The zero-order valence-corrected chi connectivity index (χ0v) is 14.4. The largest absolute Gasteiger partial charge is 2.00 e. The number of rotatable bonds is 2. The molecule has 0 spiro atoms. The topological polar surface area (TPSA) is 70.8 Å². The number of halogens is 3. The summed E-state index contributed by atoms with van der Waals surface area (Å²) in [5, 5.41) is 8.88. The van der Waals surface area contributed by atoms with Crippen LogP contribution in [0.15, 0.2) is 35.5 Å². The fourth-order valence-corrected chi connectivity index (χ4v) is 2.54. The van der Waals surface area contributed by atoms with Gasteiger partial charge >= 0.3 is 17.1 Å². The SMILES string of the molecule is Cc1cc[c-]cc1-c1cnc(S(C)(=O)=O)c(C#N)c1.F[C-](F)F.[Fe+2]. The third-order valence-corrected chi connectivity index (χ3v) is 3.74. The van der Waals surface area contributed by atoms with Crippen molar-refractivity contribution < 1.29 is 38.7 Å². The molecule has 1 heterocycles. The first-order valence-electron chi connectivity index (χ1n) is 6.07. The Kier molecular flexibility index (Phi) is 8.69. The van der Waals surface area contributed by atoms with Crippen molar-refractivity contribution in [2.45, 2.75) is 11.9 Å². The molecule has 0 amide bonds. The second kappa shape index (κ2) is 9.42. The quantitative estimate of drug-likeness (QED) is 0.576. The Labute approximate surface area is 148 Å². The summed E-state index contributed by atoms with van der Waals surface area (Å²) in [5.74, 6) is 0. The second-order valence-corrected chi connectivity index (χ2v) is 6.35. The van der Waals surface area contributed by atoms with Gasteiger partial charge in [0.1, 0.15) is 6.07 Å². The van der Waals surface area contributed by atoms with Gasteiger partial charge in [-0.2, -0.15) is 35.1 Å². The third-order valence-electron chi connectivity index (χ3n) is 2.72. The molecule has 0 atom stereocenters. The van der Waals surface area contributed by atoms with E-state index < -0.39 is 16.5 Å². The maximum absolute atomic E-state index is 11.5. The fraction of sp³-hybridized carbons (Fsp3) is 0.133. The molecule has 0 aliphatic heterocycles. The first kappa shape index (κ1) is 22.1. The van der Waals surface area contributed by atoms with E-state index >= 15 is 0 Å². The molecular formula is C15H11F3FeN2O2S. The minimum atomic E-state index is -3.50. The van der Waals surface area contributed by atoms with Gasteiger partial charge in [-0.25, -0.2) is 13.4 Å². The van der Waals surface area contributed by atoms with E-state index in [2.05, 4.69) is 11.1 Å². The minimum absolute atomic E-state index is 0. The fourth-order valence-electron chi connectivity index (χ4n) is 1.79. The van der Waals surface area contributed by atoms with Crippen LogP contribution in [0.5, 0.6) is 0 Å². The Hall–Kier alpha value is -1.88. The van der Waals surface area contributed by atoms with E-state index in [-0.39, 0.29) is 27.7 Å². The molecule has 24 heavy (non-hydrogen) atoms. The van der Waals surface area contributed by atoms with Crippen LogP contribution in [0.25, 0.3) is 11.1 Å². The zero-order valence-electron chi connectivity index (χ0n) is 12.5. The number of pyridine rings is 1. The molecule has 4 nitrogen and oxygen atoms in total. The summed E-state index contributed by atoms with van der Waals surface area (Å²) >= 11 is 0. The van der Waals surface area contributed by atoms with Crippen LogP contribution >= 0.6 is 0 Å². The molecule has 0 aliphatic carbocycles. The maximum atomic E-state index is 11.5. The normalized spacial score (nSPS) is 10.2. The molecule has 128 valence electrons. The number of hydrogen-bond acceptors (Lipinski definition) is 4. The number of nitriles is 1. The summed E-state index contributed by atoms with van der Waals surface area (Å²) in [6, 6.07) is 11.8. The van der Waals surface area contributed by atoms with Crippen molar-refractivity contribution in [2.24, 2.45) is 0 Å². The van der Waals surface area contributed by atoms with Gasteiger partial charge in [-0.3, -0.25) is 0 Å². The van der Waals surface area contributed by atoms with Crippen molar-refractivity contribution in [2.75, 3.05) is 6.26 Å². The van der Waals surface area contributed by atoms with E-state index in [1.165, 1.54) is 6.20 Å². The molecule has 2 rings (SSSR count). The van der Waals surface area contributed by atoms with Gasteiger partial charge in [-0.1, -0.05) is 12.5 Å². The monoisotopic (exact) mass is 396 g/mol. The minimum Gasteiger partial charge on any atom is -0.385 e. The third kappa shape index (κ3) is 6.32. The average molecular weight is 396 g/mol. The van der Waals surface area contributed by atoms with Crippen molar-refractivity contribution in [3.8, 4) is 17.2 Å². The summed E-state index contributed by atoms with van der Waals surface area (Å²) in [5.41, 5.74) is 2.66. The number of aromatic nitrogens is 1. The van der Waals surface area contributed by atoms with Gasteiger partial charge < -0.3 is 13.2 Å². The van der Waals surface area contributed by atoms with Crippen LogP contribution in [0.1, 0.15) is 11.1 Å². The molecule has 2 aromatic rings. The van der Waals surface area contributed by atoms with Gasteiger partial charge in [-0.05, 0) is 6.07 Å². The summed E-state index contributed by atoms with van der Waals surface area (Å²) in [6.45, 7) is -1.15. The number of hydrogen-bond donors (Lipinski definition) is 0. The Morgan fingerprint density at radius 1 is 1.33 bits per heavy atom. The smallest absolute Gasteiger partial charge is 0.385 e. The van der Waals surface area contributed by atoms with Crippen molar-refractivity contribution >= 4 is 9.84 Å². The molecule has 0 fully saturated rings. The maximum Gasteiger partial charge on any atom is 2.00 e. The molecule has 0 saturated carbocycles. The van der Waals surface area contributed by atoms with Crippen LogP contribution in [0.4, 0.5) is 13.2 Å². The Morgan fingerprint density at radius 2 is 1.92 bits per heavy atom. The van der Waals surface area contributed by atoms with E-state index in [0.29, 0.717) is 5.56 Å². The van der Waals surface area contributed by atoms with E-state index in [9.17, 15) is 21.6 Å². The van der Waals surface area contributed by atoms with Crippen LogP contribution in [-0.2, 0) is 26.9 Å². The average Bonchev–Trinajstić information content (AvgIpc) is 2.45. The molecule has 0 saturated heterocycles. The predicted molar refractivity (Wildman–Crippen MR) is 77.6 cm³/mol. The van der Waals surface area contributed by atoms with Gasteiger partial charge in [0.05, 0.1) is 5.56 Å². The number of benzene rings is 1. The first-order valence-corrected chi connectivity index (χ1v) is 7.96. The molecule has 1 aromatic heterocycles. The summed E-state index contributed by atoms with van der Waals surface area (Å²) < 4.78 is 51.8. The van der Waals surface area contributed by atoms with Crippen molar-refractivity contribution in [1.82, 2.24) is 4.98 Å². The molecule has 0 radical (unpaired) electrons. The molecule has 0 bridgehead atoms. The summed E-state index contributed by atoms with van der Waals surface area (Å²) in [7, 11) is -3.50. The van der Waals surface area contributed by atoms with E-state index in [4.69, 9.17) is 5.26 Å².